The fraction of sp³-hybridized carbons (Fsp3) is 0.600. The Morgan fingerprint density at radius 2 is 1.88 bits per heavy atom. The van der Waals surface area contributed by atoms with Crippen LogP contribution in [-0.2, 0) is 6.42 Å². The molecule has 4 N–H and O–H groups in total. The molecule has 94 valence electrons. The lowest BCUT2D eigenvalue weighted by molar-refractivity contribution is 0.105. The van der Waals surface area contributed by atoms with Gasteiger partial charge in [0, 0.05) is 11.5 Å². The maximum atomic E-state index is 6.39. The van der Waals surface area contributed by atoms with E-state index >= 15 is 0 Å². The normalized spacial score (nSPS) is 19.7. The average Bonchev–Trinajstić information content (AvgIpc) is 2.29. The van der Waals surface area contributed by atoms with Crippen molar-refractivity contribution in [2.75, 3.05) is 6.54 Å². The zero-order valence-electron chi connectivity index (χ0n) is 10.8. The number of benzene rings is 1. The van der Waals surface area contributed by atoms with E-state index in [0.29, 0.717) is 6.54 Å². The molecule has 2 nitrogen and oxygen atoms in total. The molecule has 0 bridgehead atoms. The van der Waals surface area contributed by atoms with Gasteiger partial charge >= 0.3 is 0 Å². The van der Waals surface area contributed by atoms with E-state index in [9.17, 15) is 0 Å². The lowest BCUT2D eigenvalue weighted by Gasteiger charge is -2.45. The van der Waals surface area contributed by atoms with E-state index in [1.165, 1.54) is 36.8 Å². The summed E-state index contributed by atoms with van der Waals surface area (Å²) in [6.45, 7) is 2.92. The SMILES string of the molecule is CCCc1ccc(C(N)C2(CN)CCC2)cc1. The van der Waals surface area contributed by atoms with Crippen molar-refractivity contribution in [2.45, 2.75) is 45.1 Å². The predicted molar refractivity (Wildman–Crippen MR) is 72.7 cm³/mol. The molecule has 1 aromatic carbocycles. The zero-order valence-corrected chi connectivity index (χ0v) is 10.8. The Morgan fingerprint density at radius 1 is 1.24 bits per heavy atom. The van der Waals surface area contributed by atoms with E-state index in [4.69, 9.17) is 11.5 Å². The summed E-state index contributed by atoms with van der Waals surface area (Å²) in [6.07, 6.45) is 5.98. The van der Waals surface area contributed by atoms with Crippen LogP contribution in [-0.4, -0.2) is 6.54 Å². The predicted octanol–water partition coefficient (Wildman–Crippen LogP) is 2.77. The van der Waals surface area contributed by atoms with Gasteiger partial charge in [-0.1, -0.05) is 44.0 Å². The van der Waals surface area contributed by atoms with Gasteiger partial charge in [-0.15, -0.1) is 0 Å². The Hall–Kier alpha value is -0.860. The molecule has 2 rings (SSSR count). The van der Waals surface area contributed by atoms with Crippen molar-refractivity contribution in [3.05, 3.63) is 35.4 Å². The van der Waals surface area contributed by atoms with Crippen molar-refractivity contribution in [3.8, 4) is 0 Å². The Morgan fingerprint density at radius 3 is 2.29 bits per heavy atom. The third-order valence-corrected chi connectivity index (χ3v) is 4.29. The van der Waals surface area contributed by atoms with Crippen LogP contribution < -0.4 is 11.5 Å². The van der Waals surface area contributed by atoms with Crippen molar-refractivity contribution in [3.63, 3.8) is 0 Å². The molecule has 0 spiro atoms. The van der Waals surface area contributed by atoms with Crippen molar-refractivity contribution in [2.24, 2.45) is 16.9 Å². The second kappa shape index (κ2) is 5.19. The first kappa shape index (κ1) is 12.6. The summed E-state index contributed by atoms with van der Waals surface area (Å²) >= 11 is 0. The highest BCUT2D eigenvalue weighted by atomic mass is 14.8. The molecule has 1 unspecified atom stereocenters. The topological polar surface area (TPSA) is 52.0 Å². The first-order valence-corrected chi connectivity index (χ1v) is 6.76. The smallest absolute Gasteiger partial charge is 0.0364 e. The molecule has 2 heteroatoms. The number of nitrogens with two attached hydrogens (primary N) is 2. The number of aryl methyl sites for hydroxylation is 1. The second-order valence-electron chi connectivity index (χ2n) is 5.39. The molecule has 0 heterocycles. The molecular weight excluding hydrogens is 208 g/mol. The van der Waals surface area contributed by atoms with Crippen LogP contribution in [0.2, 0.25) is 0 Å². The molecule has 0 aliphatic heterocycles. The van der Waals surface area contributed by atoms with Crippen LogP contribution in [0.25, 0.3) is 0 Å². The van der Waals surface area contributed by atoms with E-state index in [1.54, 1.807) is 0 Å². The minimum absolute atomic E-state index is 0.108. The van der Waals surface area contributed by atoms with Gasteiger partial charge in [0.05, 0.1) is 0 Å². The summed E-state index contributed by atoms with van der Waals surface area (Å²) in [4.78, 5) is 0. The van der Waals surface area contributed by atoms with E-state index in [1.807, 2.05) is 0 Å². The van der Waals surface area contributed by atoms with Gasteiger partial charge in [0.2, 0.25) is 0 Å². The van der Waals surface area contributed by atoms with Crippen LogP contribution in [0.1, 0.15) is 49.8 Å². The van der Waals surface area contributed by atoms with Gasteiger partial charge in [0.25, 0.3) is 0 Å². The van der Waals surface area contributed by atoms with Crippen molar-refractivity contribution in [1.82, 2.24) is 0 Å². The zero-order chi connectivity index (χ0) is 12.3. The number of hydrogen-bond donors (Lipinski definition) is 2. The molecule has 1 fully saturated rings. The van der Waals surface area contributed by atoms with E-state index in [0.717, 1.165) is 6.42 Å². The molecule has 1 aromatic rings. The first-order chi connectivity index (χ1) is 8.22. The fourth-order valence-electron chi connectivity index (χ4n) is 2.81. The maximum Gasteiger partial charge on any atom is 0.0364 e. The molecule has 1 saturated carbocycles. The summed E-state index contributed by atoms with van der Waals surface area (Å²) in [5.41, 5.74) is 15.1. The molecule has 1 aliphatic carbocycles. The Labute approximate surface area is 104 Å². The third kappa shape index (κ3) is 2.38. The Balaban J connectivity index is 2.11. The average molecular weight is 232 g/mol. The van der Waals surface area contributed by atoms with Gasteiger partial charge in [-0.2, -0.15) is 0 Å². The van der Waals surface area contributed by atoms with Gasteiger partial charge < -0.3 is 11.5 Å². The van der Waals surface area contributed by atoms with Crippen molar-refractivity contribution in [1.29, 1.82) is 0 Å². The molecule has 0 saturated heterocycles. The van der Waals surface area contributed by atoms with Crippen LogP contribution in [0.15, 0.2) is 24.3 Å². The molecule has 1 atom stereocenters. The molecule has 0 radical (unpaired) electrons. The third-order valence-electron chi connectivity index (χ3n) is 4.29. The summed E-state index contributed by atoms with van der Waals surface area (Å²) in [5, 5.41) is 0. The highest BCUT2D eigenvalue weighted by molar-refractivity contribution is 5.27. The summed E-state index contributed by atoms with van der Waals surface area (Å²) in [7, 11) is 0. The monoisotopic (exact) mass is 232 g/mol. The van der Waals surface area contributed by atoms with E-state index in [2.05, 4.69) is 31.2 Å². The maximum absolute atomic E-state index is 6.39. The van der Waals surface area contributed by atoms with Crippen LogP contribution in [0.3, 0.4) is 0 Å². The standard InChI is InChI=1S/C15H24N2/c1-2-4-12-5-7-13(8-6-12)14(17)15(11-16)9-3-10-15/h5-8,14H,2-4,9-11,16-17H2,1H3. The molecular formula is C15H24N2. The summed E-state index contributed by atoms with van der Waals surface area (Å²) in [6, 6.07) is 8.90. The van der Waals surface area contributed by atoms with E-state index in [-0.39, 0.29) is 11.5 Å². The Bertz CT molecular complexity index is 346. The molecule has 0 amide bonds. The van der Waals surface area contributed by atoms with Crippen molar-refractivity contribution >= 4 is 0 Å². The van der Waals surface area contributed by atoms with Gasteiger partial charge in [0.15, 0.2) is 0 Å². The van der Waals surface area contributed by atoms with Crippen LogP contribution in [0.5, 0.6) is 0 Å². The van der Waals surface area contributed by atoms with Gasteiger partial charge in [-0.25, -0.2) is 0 Å². The van der Waals surface area contributed by atoms with Crippen molar-refractivity contribution < 1.29 is 0 Å². The van der Waals surface area contributed by atoms with Crippen LogP contribution >= 0.6 is 0 Å². The van der Waals surface area contributed by atoms with Gasteiger partial charge in [-0.3, -0.25) is 0 Å². The molecule has 1 aliphatic rings. The first-order valence-electron chi connectivity index (χ1n) is 6.76. The quantitative estimate of drug-likeness (QED) is 0.820. The summed E-state index contributed by atoms with van der Waals surface area (Å²) < 4.78 is 0. The highest BCUT2D eigenvalue weighted by Gasteiger charge is 2.41. The summed E-state index contributed by atoms with van der Waals surface area (Å²) in [5.74, 6) is 0. The molecule has 17 heavy (non-hydrogen) atoms. The Kier molecular flexibility index (Phi) is 3.85. The largest absolute Gasteiger partial charge is 0.330 e. The number of hydrogen-bond acceptors (Lipinski definition) is 2. The van der Waals surface area contributed by atoms with E-state index < -0.39 is 0 Å². The number of rotatable bonds is 5. The fourth-order valence-corrected chi connectivity index (χ4v) is 2.81. The highest BCUT2D eigenvalue weighted by Crippen LogP contribution is 2.48. The molecule has 0 aromatic heterocycles. The lowest BCUT2D eigenvalue weighted by Crippen LogP contribution is -2.46. The van der Waals surface area contributed by atoms with Gasteiger partial charge in [-0.05, 0) is 36.9 Å². The lowest BCUT2D eigenvalue weighted by atomic mass is 9.62. The van der Waals surface area contributed by atoms with Gasteiger partial charge in [0.1, 0.15) is 0 Å². The second-order valence-corrected chi connectivity index (χ2v) is 5.39. The van der Waals surface area contributed by atoms with Crippen LogP contribution in [0.4, 0.5) is 0 Å². The van der Waals surface area contributed by atoms with Crippen LogP contribution in [0, 0.1) is 5.41 Å². The minimum atomic E-state index is 0.108. The minimum Gasteiger partial charge on any atom is -0.330 e.